The molecular formula is C17H16N4O5S. The minimum absolute atomic E-state index is 0.119. The van der Waals surface area contributed by atoms with Gasteiger partial charge in [0.25, 0.3) is 5.91 Å². The summed E-state index contributed by atoms with van der Waals surface area (Å²) in [6, 6.07) is 6.45. The number of rotatable bonds is 4. The molecule has 3 aromatic rings. The Morgan fingerprint density at radius 1 is 1.19 bits per heavy atom. The number of amides is 1. The lowest BCUT2D eigenvalue weighted by atomic mass is 10.2. The molecule has 0 bridgehead atoms. The van der Waals surface area contributed by atoms with E-state index < -0.39 is 17.8 Å². The fraction of sp³-hybridized carbons (Fsp3) is 0.235. The number of hydrogen-bond acceptors (Lipinski definition) is 7. The van der Waals surface area contributed by atoms with E-state index in [1.807, 2.05) is 0 Å². The third kappa shape index (κ3) is 3.65. The van der Waals surface area contributed by atoms with Crippen molar-refractivity contribution in [2.24, 2.45) is 12.0 Å². The molecular weight excluding hydrogens is 372 g/mol. The van der Waals surface area contributed by atoms with Crippen LogP contribution in [0.2, 0.25) is 0 Å². The molecule has 3 rings (SSSR count). The Morgan fingerprint density at radius 3 is 2.59 bits per heavy atom. The summed E-state index contributed by atoms with van der Waals surface area (Å²) in [5, 5.41) is 3.95. The zero-order chi connectivity index (χ0) is 19.6. The largest absolute Gasteiger partial charge is 0.468 e. The summed E-state index contributed by atoms with van der Waals surface area (Å²) in [5.41, 5.74) is 1.32. The lowest BCUT2D eigenvalue weighted by Gasteiger charge is -2.04. The Kier molecular flexibility index (Phi) is 5.17. The van der Waals surface area contributed by atoms with Crippen LogP contribution < -0.4 is 4.80 Å². The van der Waals surface area contributed by atoms with Gasteiger partial charge in [-0.15, -0.1) is 0 Å². The number of hydrogen-bond donors (Lipinski definition) is 0. The van der Waals surface area contributed by atoms with Crippen LogP contribution in [0.3, 0.4) is 0 Å². The van der Waals surface area contributed by atoms with Crippen molar-refractivity contribution in [3.8, 4) is 0 Å². The lowest BCUT2D eigenvalue weighted by Crippen LogP contribution is -2.22. The summed E-state index contributed by atoms with van der Waals surface area (Å²) in [4.78, 5) is 40.5. The molecule has 2 aromatic heterocycles. The molecule has 2 heterocycles. The van der Waals surface area contributed by atoms with Crippen LogP contribution in [0, 0.1) is 0 Å². The molecule has 0 fully saturated rings. The van der Waals surface area contributed by atoms with Crippen molar-refractivity contribution in [3.05, 3.63) is 46.5 Å². The Bertz CT molecular complexity index is 1110. The maximum absolute atomic E-state index is 12.5. The van der Waals surface area contributed by atoms with Gasteiger partial charge in [0.1, 0.15) is 12.2 Å². The number of carbonyl (C=O) groups excluding carboxylic acids is 3. The first-order valence-corrected chi connectivity index (χ1v) is 8.62. The van der Waals surface area contributed by atoms with Gasteiger partial charge in [-0.2, -0.15) is 10.1 Å². The smallest absolute Gasteiger partial charge is 0.337 e. The van der Waals surface area contributed by atoms with Crippen molar-refractivity contribution in [3.63, 3.8) is 0 Å². The minimum Gasteiger partial charge on any atom is -0.468 e. The molecule has 0 radical (unpaired) electrons. The first-order valence-electron chi connectivity index (χ1n) is 7.80. The van der Waals surface area contributed by atoms with E-state index >= 15 is 0 Å². The third-order valence-electron chi connectivity index (χ3n) is 3.86. The van der Waals surface area contributed by atoms with Gasteiger partial charge in [0.05, 0.1) is 30.0 Å². The topological polar surface area (TPSA) is 105 Å². The normalized spacial score (nSPS) is 11.6. The molecule has 10 heteroatoms. The van der Waals surface area contributed by atoms with Gasteiger partial charge in [0, 0.05) is 13.2 Å². The Morgan fingerprint density at radius 2 is 1.96 bits per heavy atom. The zero-order valence-electron chi connectivity index (χ0n) is 14.8. The van der Waals surface area contributed by atoms with Crippen molar-refractivity contribution in [2.45, 2.75) is 6.54 Å². The summed E-state index contributed by atoms with van der Waals surface area (Å²) >= 11 is 1.18. The maximum atomic E-state index is 12.5. The van der Waals surface area contributed by atoms with Gasteiger partial charge >= 0.3 is 11.9 Å². The van der Waals surface area contributed by atoms with Crippen LogP contribution in [0.4, 0.5) is 0 Å². The molecule has 0 aliphatic carbocycles. The second-order valence-corrected chi connectivity index (χ2v) is 6.49. The number of aryl methyl sites for hydroxylation is 1. The number of nitrogens with zero attached hydrogens (tertiary/aromatic N) is 4. The predicted octanol–water partition coefficient (Wildman–Crippen LogP) is 1.14. The summed E-state index contributed by atoms with van der Waals surface area (Å²) in [6.45, 7) is -0.119. The van der Waals surface area contributed by atoms with Crippen LogP contribution >= 0.6 is 11.3 Å². The highest BCUT2D eigenvalue weighted by Crippen LogP contribution is 2.20. The molecule has 0 saturated carbocycles. The molecule has 0 atom stereocenters. The summed E-state index contributed by atoms with van der Waals surface area (Å²) in [6.07, 6.45) is 1.50. The molecule has 0 aliphatic rings. The molecule has 0 N–H and O–H groups in total. The number of benzene rings is 1. The van der Waals surface area contributed by atoms with Crippen LogP contribution in [0.1, 0.15) is 20.8 Å². The van der Waals surface area contributed by atoms with Crippen molar-refractivity contribution >= 4 is 39.4 Å². The molecule has 0 unspecified atom stereocenters. The monoisotopic (exact) mass is 388 g/mol. The van der Waals surface area contributed by atoms with Gasteiger partial charge in [-0.05, 0) is 24.3 Å². The number of methoxy groups -OCH3 is 2. The van der Waals surface area contributed by atoms with Crippen LogP contribution in [0.25, 0.3) is 10.2 Å². The van der Waals surface area contributed by atoms with Crippen LogP contribution in [0.15, 0.2) is 35.5 Å². The Labute approximate surface area is 157 Å². The van der Waals surface area contributed by atoms with E-state index in [1.165, 1.54) is 36.4 Å². The SMILES string of the molecule is COC(=O)Cn1c(=NC(=O)c2ccnn2C)sc2cc(C(=O)OC)ccc21. The van der Waals surface area contributed by atoms with E-state index in [0.717, 1.165) is 0 Å². The van der Waals surface area contributed by atoms with Gasteiger partial charge in [-0.25, -0.2) is 4.79 Å². The molecule has 140 valence electrons. The minimum atomic E-state index is -0.492. The quantitative estimate of drug-likeness (QED) is 0.621. The first-order chi connectivity index (χ1) is 12.9. The zero-order valence-corrected chi connectivity index (χ0v) is 15.6. The molecule has 9 nitrogen and oxygen atoms in total. The van der Waals surface area contributed by atoms with Gasteiger partial charge in [0.15, 0.2) is 4.80 Å². The van der Waals surface area contributed by atoms with Gasteiger partial charge in [-0.1, -0.05) is 11.3 Å². The average molecular weight is 388 g/mol. The Hall–Kier alpha value is -3.27. The number of aromatic nitrogens is 3. The van der Waals surface area contributed by atoms with Gasteiger partial charge < -0.3 is 14.0 Å². The number of ether oxygens (including phenoxy) is 2. The standard InChI is InChI=1S/C17H16N4O5S/c1-20-12(6-7-18-20)15(23)19-17-21(9-14(22)25-2)11-5-4-10(16(24)26-3)8-13(11)27-17/h4-8H,9H2,1-3H3. The van der Waals surface area contributed by atoms with Crippen LogP contribution in [-0.4, -0.2) is 46.4 Å². The fourth-order valence-corrected chi connectivity index (χ4v) is 3.54. The molecule has 0 saturated heterocycles. The third-order valence-corrected chi connectivity index (χ3v) is 4.90. The number of esters is 2. The highest BCUT2D eigenvalue weighted by Gasteiger charge is 2.15. The van der Waals surface area contributed by atoms with E-state index in [0.29, 0.717) is 26.3 Å². The predicted molar refractivity (Wildman–Crippen MR) is 96.3 cm³/mol. The van der Waals surface area contributed by atoms with E-state index in [1.54, 1.807) is 35.9 Å². The van der Waals surface area contributed by atoms with Crippen molar-refractivity contribution in [2.75, 3.05) is 14.2 Å². The lowest BCUT2D eigenvalue weighted by molar-refractivity contribution is -0.141. The highest BCUT2D eigenvalue weighted by molar-refractivity contribution is 7.16. The average Bonchev–Trinajstić information content (AvgIpc) is 3.24. The second-order valence-electron chi connectivity index (χ2n) is 5.48. The van der Waals surface area contributed by atoms with E-state index in [-0.39, 0.29) is 6.54 Å². The summed E-state index contributed by atoms with van der Waals surface area (Å²) in [7, 11) is 4.22. The van der Waals surface area contributed by atoms with Crippen LogP contribution in [0.5, 0.6) is 0 Å². The molecule has 0 spiro atoms. The maximum Gasteiger partial charge on any atom is 0.337 e. The van der Waals surface area contributed by atoms with Crippen molar-refractivity contribution in [1.82, 2.24) is 14.3 Å². The number of thiazole rings is 1. The van der Waals surface area contributed by atoms with E-state index in [9.17, 15) is 14.4 Å². The molecule has 1 aromatic carbocycles. The van der Waals surface area contributed by atoms with Gasteiger partial charge in [-0.3, -0.25) is 14.3 Å². The number of fused-ring (bicyclic) bond motifs is 1. The summed E-state index contributed by atoms with van der Waals surface area (Å²) < 4.78 is 13.1. The van der Waals surface area contributed by atoms with E-state index in [2.05, 4.69) is 10.1 Å². The fourth-order valence-electron chi connectivity index (χ4n) is 2.48. The summed E-state index contributed by atoms with van der Waals surface area (Å²) in [5.74, 6) is -1.45. The molecule has 0 aliphatic heterocycles. The van der Waals surface area contributed by atoms with Crippen molar-refractivity contribution in [1.29, 1.82) is 0 Å². The second kappa shape index (κ2) is 7.54. The number of carbonyl (C=O) groups is 3. The van der Waals surface area contributed by atoms with Crippen LogP contribution in [-0.2, 0) is 27.9 Å². The first kappa shape index (κ1) is 18.5. The van der Waals surface area contributed by atoms with Gasteiger partial charge in [0.2, 0.25) is 0 Å². The van der Waals surface area contributed by atoms with E-state index in [4.69, 9.17) is 9.47 Å². The highest BCUT2D eigenvalue weighted by atomic mass is 32.1. The molecule has 1 amide bonds. The Balaban J connectivity index is 2.17. The molecule has 27 heavy (non-hydrogen) atoms. The van der Waals surface area contributed by atoms with Crippen molar-refractivity contribution < 1.29 is 23.9 Å².